The quantitative estimate of drug-likeness (QED) is 0.0161. The van der Waals surface area contributed by atoms with Crippen molar-refractivity contribution in [1.82, 2.24) is 56.7 Å². The minimum atomic E-state index is -2.96. The molecule has 23 nitrogen and oxygen atoms in total. The summed E-state index contributed by atoms with van der Waals surface area (Å²) in [5.74, 6) is 1.93. The molecule has 0 bridgehead atoms. The van der Waals surface area contributed by atoms with Crippen molar-refractivity contribution in [2.75, 3.05) is 83.8 Å². The smallest absolute Gasteiger partial charge is 0.315 e. The molecule has 6 amide bonds. The summed E-state index contributed by atoms with van der Waals surface area (Å²) in [6.45, 7) is 26.9. The van der Waals surface area contributed by atoms with Gasteiger partial charge < -0.3 is 56.7 Å². The number of unbranched alkanes of at least 4 members (excludes halogenated alkanes) is 8. The second-order valence-corrected chi connectivity index (χ2v) is 30.2. The van der Waals surface area contributed by atoms with Gasteiger partial charge in [-0.05, 0) is 143 Å². The number of aliphatic hydroxyl groups excluding tert-OH is 3. The van der Waals surface area contributed by atoms with Crippen LogP contribution in [0.5, 0.6) is 0 Å². The number of β-amino-alcohol motifs (C(OH)–C–C–N with tert-alkyl or cyclic N) is 1. The molecule has 110 heavy (non-hydrogen) atoms. The number of nitrogens with one attached hydrogen (secondary N) is 6. The first-order chi connectivity index (χ1) is 53.3. The van der Waals surface area contributed by atoms with Crippen LogP contribution in [-0.2, 0) is 77.1 Å². The van der Waals surface area contributed by atoms with Gasteiger partial charge in [-0.15, -0.1) is 0 Å². The summed E-state index contributed by atoms with van der Waals surface area (Å²) in [6.07, 6.45) is 27.6. The first kappa shape index (κ1) is 102. The van der Waals surface area contributed by atoms with Crippen molar-refractivity contribution in [3.63, 3.8) is 0 Å². The number of sulfone groups is 1. The van der Waals surface area contributed by atoms with Crippen molar-refractivity contribution >= 4 is 44.5 Å². The molecule has 1 saturated heterocycles. The van der Waals surface area contributed by atoms with E-state index in [-0.39, 0.29) is 54.7 Å². The molecule has 6 aromatic rings. The fourth-order valence-electron chi connectivity index (χ4n) is 9.48. The molecular weight excluding hydrogens is 1430 g/mol. The second-order valence-electron chi connectivity index (χ2n) is 26.4. The molecule has 1 aliphatic heterocycles. The van der Waals surface area contributed by atoms with Crippen LogP contribution < -0.4 is 31.9 Å². The van der Waals surface area contributed by atoms with Gasteiger partial charge in [-0.25, -0.2) is 18.0 Å². The molecule has 0 radical (unpaired) electrons. The highest BCUT2D eigenvalue weighted by atomic mass is 32.2. The zero-order chi connectivity index (χ0) is 81.2. The summed E-state index contributed by atoms with van der Waals surface area (Å²) in [7, 11) is -3.69. The minimum absolute atomic E-state index is 0.0633. The Balaban J connectivity index is 0.00000124. The van der Waals surface area contributed by atoms with Crippen molar-refractivity contribution in [3.05, 3.63) is 192 Å². The van der Waals surface area contributed by atoms with Gasteiger partial charge in [0, 0.05) is 106 Å². The van der Waals surface area contributed by atoms with Crippen LogP contribution in [0, 0.1) is 0 Å². The molecular formula is C85H139N11O12S2. The molecule has 7 rings (SSSR count). The van der Waals surface area contributed by atoms with Gasteiger partial charge in [0.25, 0.3) is 0 Å². The Kier molecular flexibility index (Phi) is 67.8. The lowest BCUT2D eigenvalue weighted by Gasteiger charge is -2.23. The van der Waals surface area contributed by atoms with E-state index in [4.69, 9.17) is 19.7 Å². The van der Waals surface area contributed by atoms with Crippen LogP contribution in [0.1, 0.15) is 212 Å². The molecule has 5 heterocycles. The minimum Gasteiger partial charge on any atom is -0.394 e. The van der Waals surface area contributed by atoms with E-state index in [0.717, 1.165) is 182 Å². The second kappa shape index (κ2) is 72.9. The maximum atomic E-state index is 11.5. The lowest BCUT2D eigenvalue weighted by molar-refractivity contribution is -0.121. The highest BCUT2D eigenvalue weighted by Gasteiger charge is 2.22. The van der Waals surface area contributed by atoms with Gasteiger partial charge in [0.2, 0.25) is 11.8 Å². The van der Waals surface area contributed by atoms with E-state index in [0.29, 0.717) is 56.6 Å². The van der Waals surface area contributed by atoms with Crippen molar-refractivity contribution in [2.24, 2.45) is 0 Å². The topological polar surface area (TPSA) is 326 Å². The number of hydrogen-bond donors (Lipinski definition) is 9. The highest BCUT2D eigenvalue weighted by molar-refractivity contribution is 7.90. The fraction of sp³-hybridized carbons (Fsp3) is 0.576. The van der Waals surface area contributed by atoms with Crippen molar-refractivity contribution in [1.29, 1.82) is 0 Å². The van der Waals surface area contributed by atoms with Crippen LogP contribution in [0.2, 0.25) is 0 Å². The van der Waals surface area contributed by atoms with E-state index in [1.807, 2.05) is 116 Å². The van der Waals surface area contributed by atoms with Gasteiger partial charge in [-0.1, -0.05) is 186 Å². The van der Waals surface area contributed by atoms with Gasteiger partial charge in [0.05, 0.1) is 79.7 Å². The average Bonchev–Trinajstić information content (AvgIpc) is 1.52. The highest BCUT2D eigenvalue weighted by Crippen LogP contribution is 2.16. The number of ether oxygens (including phenoxy) is 2. The van der Waals surface area contributed by atoms with Crippen LogP contribution in [0.15, 0.2) is 158 Å². The number of rotatable bonds is 43. The number of aliphatic hydroxyl groups is 3. The molecule has 1 fully saturated rings. The molecule has 618 valence electrons. The Morgan fingerprint density at radius 1 is 0.500 bits per heavy atom. The number of benzene rings is 2. The molecule has 0 aliphatic carbocycles. The summed E-state index contributed by atoms with van der Waals surface area (Å²) in [6, 6.07) is 40.5. The Morgan fingerprint density at radius 2 is 0.927 bits per heavy atom. The van der Waals surface area contributed by atoms with Gasteiger partial charge >= 0.3 is 12.1 Å². The van der Waals surface area contributed by atoms with E-state index >= 15 is 0 Å². The number of urea groups is 2. The number of carbonyl (C=O) groups excluding carboxylic acids is 4. The van der Waals surface area contributed by atoms with E-state index in [1.54, 1.807) is 49.2 Å². The lowest BCUT2D eigenvalue weighted by atomic mass is 10.1. The third-order valence-electron chi connectivity index (χ3n) is 16.0. The lowest BCUT2D eigenvalue weighted by Crippen LogP contribution is -2.36. The number of carbonyl (C=O) groups is 4. The Bertz CT molecular complexity index is 3100. The monoisotopic (exact) mass is 1570 g/mol. The molecule has 9 N–H and O–H groups in total. The Morgan fingerprint density at radius 3 is 1.37 bits per heavy atom. The molecule has 0 spiro atoms. The Hall–Kier alpha value is -7.62. The fourth-order valence-corrected chi connectivity index (χ4v) is 12.2. The maximum absolute atomic E-state index is 11.5. The summed E-state index contributed by atoms with van der Waals surface area (Å²) >= 11 is 0. The van der Waals surface area contributed by atoms with E-state index in [2.05, 4.69) is 112 Å². The van der Waals surface area contributed by atoms with Crippen LogP contribution in [-0.4, -0.2) is 179 Å². The molecule has 0 saturated carbocycles. The van der Waals surface area contributed by atoms with Crippen molar-refractivity contribution < 1.29 is 56.6 Å². The molecule has 4 aromatic heterocycles. The van der Waals surface area contributed by atoms with Crippen molar-refractivity contribution in [2.45, 2.75) is 234 Å². The predicted molar refractivity (Wildman–Crippen MR) is 448 cm³/mol. The zero-order valence-corrected chi connectivity index (χ0v) is 69.6. The van der Waals surface area contributed by atoms with E-state index in [1.165, 1.54) is 12.8 Å². The summed E-state index contributed by atoms with van der Waals surface area (Å²) in [5, 5.41) is 43.8. The standard InChI is InChI=1S/C12H18N2O.C12H25NO2.C12H17NO.C11H17N3O.C11H16N2O.C10H15NO2S.C10H15NOS.C7H16O3/c1-2-3-9-13-12(15)14-10-11-7-5-4-6-8-11;1-3-4-8-15-10-12(14)9-13-7-5-6-11(13)2;1-2-3-9-13-12(14)10-11-7-5-4-6-8-11;1-2-3-7-13-11(15)14-9-10-6-4-5-8-12-10;1-2-3-6-13-11(14)9-10-4-7-12-8-5-10;1-2-3-8-14(12,13)9-10-6-4-5-7-11-10;1-2-3-8-13(12)9-10-6-4-5-7-11-10;1-2-3-4-10-6-7(9)5-8/h4-8H,2-3,9-10H2,1H3,(H2,13,14,15);11-12,14H,3-10H2,1-2H3;4-8H,2-3,9-10H2,1H3,(H,13,14);4-6,8H,2-3,7,9H2,1H3,(H2,13,14,15);4-5,7-8H,2-3,6,9H2,1H3,(H,13,14);4-7H,2-3,8-9H2,1H3;4-7H,2-3,8-9H2,1H3;7-9H,2-6H2,1H3/t;11-,12?;;;;;;/m.1....../s1. The number of hydrogen-bond acceptors (Lipinski definition) is 17. The number of nitrogens with zero attached hydrogens (tertiary/aromatic N) is 5. The zero-order valence-electron chi connectivity index (χ0n) is 68.0. The van der Waals surface area contributed by atoms with Gasteiger partial charge in [0.15, 0.2) is 9.84 Å². The van der Waals surface area contributed by atoms with Crippen LogP contribution >= 0.6 is 0 Å². The molecule has 4 atom stereocenters. The van der Waals surface area contributed by atoms with Crippen LogP contribution in [0.4, 0.5) is 9.59 Å². The third-order valence-corrected chi connectivity index (χ3v) is 19.0. The molecule has 1 aliphatic rings. The summed E-state index contributed by atoms with van der Waals surface area (Å²) < 4.78 is 44.9. The third kappa shape index (κ3) is 64.1. The number of likely N-dealkylation sites (tertiary alicyclic amines) is 1. The van der Waals surface area contributed by atoms with Crippen molar-refractivity contribution in [3.8, 4) is 0 Å². The summed E-state index contributed by atoms with van der Waals surface area (Å²) in [4.78, 5) is 63.7. The predicted octanol–water partition coefficient (Wildman–Crippen LogP) is 13.4. The molecule has 3 unspecified atom stereocenters. The molecule has 25 heteroatoms. The van der Waals surface area contributed by atoms with Gasteiger partial charge in [0.1, 0.15) is 6.10 Å². The van der Waals surface area contributed by atoms with E-state index in [9.17, 15) is 36.9 Å². The molecule has 2 aromatic carbocycles. The number of pyridine rings is 4. The van der Waals surface area contributed by atoms with Gasteiger partial charge in [-0.3, -0.25) is 38.6 Å². The normalized spacial score (nSPS) is 12.7. The largest absolute Gasteiger partial charge is 0.394 e. The first-order valence-electron chi connectivity index (χ1n) is 40.0. The first-order valence-corrected chi connectivity index (χ1v) is 43.3. The van der Waals surface area contributed by atoms with E-state index < -0.39 is 26.7 Å². The van der Waals surface area contributed by atoms with Gasteiger partial charge in [-0.2, -0.15) is 0 Å². The maximum Gasteiger partial charge on any atom is 0.315 e. The number of amides is 6. The van der Waals surface area contributed by atoms with Crippen LogP contribution in [0.3, 0.4) is 0 Å². The summed E-state index contributed by atoms with van der Waals surface area (Å²) in [5.41, 5.74) is 5.61. The SMILES string of the molecule is CCCCNC(=O)Cc1ccccc1.CCCCNC(=O)Cc1ccncc1.CCCCNC(=O)NCc1ccccc1.CCCCNC(=O)NCc1ccccn1.CCCCOCC(O)CN1CCC[C@H]1C.CCCCOCC(O)CO.CCCCS(=O)(=O)Cc1ccccn1.CCCCS(=O)Cc1ccccn1. The van der Waals surface area contributed by atoms with Crippen LogP contribution in [0.25, 0.3) is 0 Å². The average molecular weight is 1570 g/mol. The Labute approximate surface area is 663 Å². The number of aromatic nitrogens is 4.